The number of benzene rings is 2. The fourth-order valence-corrected chi connectivity index (χ4v) is 5.16. The van der Waals surface area contributed by atoms with E-state index in [0.29, 0.717) is 22.3 Å². The Morgan fingerprint density at radius 3 is 1.28 bits per heavy atom. The number of aryl methyl sites for hydroxylation is 2. The standard InChI is InChI=1S/C30H38N4O2/c1-5-25-26(6-2)32-16-22-12-20(4)14-24(30(22)36)18-34-28-10-8-7-9-27(28)33-17-23-13-19(3)11-21(15-31-25)29(23)35/h11-18,25-28,35-36H,5-10H2,1-4H3. The smallest absolute Gasteiger partial charge is 0.133 e. The molecule has 1 fully saturated rings. The van der Waals surface area contributed by atoms with Crippen LogP contribution in [0.5, 0.6) is 11.5 Å². The first-order chi connectivity index (χ1) is 17.4. The third-order valence-corrected chi connectivity index (χ3v) is 7.22. The van der Waals surface area contributed by atoms with Crippen LogP contribution in [0.1, 0.15) is 85.8 Å². The van der Waals surface area contributed by atoms with Crippen LogP contribution in [0.2, 0.25) is 0 Å². The summed E-state index contributed by atoms with van der Waals surface area (Å²) in [4.78, 5) is 19.5. The largest absolute Gasteiger partial charge is 0.507 e. The number of hydrogen-bond acceptors (Lipinski definition) is 6. The van der Waals surface area contributed by atoms with Gasteiger partial charge in [-0.2, -0.15) is 0 Å². The molecule has 190 valence electrons. The Morgan fingerprint density at radius 1 is 0.611 bits per heavy atom. The number of phenolic OH excluding ortho intramolecular Hbond substituents is 2. The molecule has 2 aromatic rings. The first-order valence-electron chi connectivity index (χ1n) is 13.2. The van der Waals surface area contributed by atoms with Crippen molar-refractivity contribution in [3.63, 3.8) is 0 Å². The van der Waals surface area contributed by atoms with Gasteiger partial charge in [-0.15, -0.1) is 0 Å². The molecule has 2 aromatic carbocycles. The van der Waals surface area contributed by atoms with E-state index >= 15 is 0 Å². The molecule has 2 N–H and O–H groups in total. The monoisotopic (exact) mass is 486 g/mol. The predicted molar refractivity (Wildman–Crippen MR) is 150 cm³/mol. The summed E-state index contributed by atoms with van der Waals surface area (Å²) < 4.78 is 0. The third-order valence-electron chi connectivity index (χ3n) is 7.22. The van der Waals surface area contributed by atoms with Gasteiger partial charge in [-0.1, -0.05) is 26.7 Å². The van der Waals surface area contributed by atoms with Gasteiger partial charge in [0.05, 0.1) is 24.2 Å². The van der Waals surface area contributed by atoms with Gasteiger partial charge in [0.1, 0.15) is 11.5 Å². The number of aromatic hydroxyl groups is 2. The zero-order chi connectivity index (χ0) is 25.7. The Bertz CT molecular complexity index is 1030. The summed E-state index contributed by atoms with van der Waals surface area (Å²) in [5, 5.41) is 22.0. The molecular formula is C30H38N4O2. The molecule has 6 nitrogen and oxygen atoms in total. The second kappa shape index (κ2) is 11.6. The summed E-state index contributed by atoms with van der Waals surface area (Å²) in [5.74, 6) is 0.402. The van der Waals surface area contributed by atoms with E-state index in [-0.39, 0.29) is 35.7 Å². The normalized spacial score (nSPS) is 24.2. The van der Waals surface area contributed by atoms with E-state index < -0.39 is 0 Å². The highest BCUT2D eigenvalue weighted by atomic mass is 16.3. The fourth-order valence-electron chi connectivity index (χ4n) is 5.16. The lowest BCUT2D eigenvalue weighted by molar-refractivity contribution is 0.390. The summed E-state index contributed by atoms with van der Waals surface area (Å²) in [7, 11) is 0. The Morgan fingerprint density at radius 2 is 0.944 bits per heavy atom. The van der Waals surface area contributed by atoms with Gasteiger partial charge in [0.2, 0.25) is 0 Å². The molecule has 0 spiro atoms. The van der Waals surface area contributed by atoms with Crippen molar-refractivity contribution in [3.8, 4) is 11.5 Å². The molecule has 0 radical (unpaired) electrons. The lowest BCUT2D eigenvalue weighted by Gasteiger charge is -2.25. The minimum atomic E-state index is -0.0434. The summed E-state index contributed by atoms with van der Waals surface area (Å²) >= 11 is 0. The van der Waals surface area contributed by atoms with Crippen LogP contribution in [0.4, 0.5) is 0 Å². The lowest BCUT2D eigenvalue weighted by Crippen LogP contribution is -2.27. The van der Waals surface area contributed by atoms with Crippen LogP contribution in [-0.4, -0.2) is 59.2 Å². The minimum absolute atomic E-state index is 0.0358. The fraction of sp³-hybridized carbons (Fsp3) is 0.467. The van der Waals surface area contributed by atoms with Gasteiger partial charge in [0.15, 0.2) is 0 Å². The number of rotatable bonds is 2. The van der Waals surface area contributed by atoms with Gasteiger partial charge in [-0.3, -0.25) is 20.0 Å². The molecule has 6 heteroatoms. The second-order valence-electron chi connectivity index (χ2n) is 10.1. The molecule has 1 aliphatic heterocycles. The van der Waals surface area contributed by atoms with E-state index in [1.807, 2.05) is 38.1 Å². The average Bonchev–Trinajstić information content (AvgIpc) is 2.87. The predicted octanol–water partition coefficient (Wildman–Crippen LogP) is 5.97. The van der Waals surface area contributed by atoms with Crippen molar-refractivity contribution in [2.45, 2.75) is 90.4 Å². The topological polar surface area (TPSA) is 89.9 Å². The Kier molecular flexibility index (Phi) is 8.34. The molecule has 0 aromatic heterocycles. The molecule has 4 unspecified atom stereocenters. The molecule has 4 atom stereocenters. The number of aliphatic imine (C=N–C) groups is 4. The Hall–Kier alpha value is -3.28. The van der Waals surface area contributed by atoms with Gasteiger partial charge in [0, 0.05) is 47.1 Å². The van der Waals surface area contributed by atoms with Gasteiger partial charge >= 0.3 is 0 Å². The van der Waals surface area contributed by atoms with Crippen molar-refractivity contribution in [2.24, 2.45) is 20.0 Å². The molecule has 4 rings (SSSR count). The molecule has 0 amide bonds. The van der Waals surface area contributed by atoms with E-state index in [2.05, 4.69) is 13.8 Å². The van der Waals surface area contributed by atoms with Crippen molar-refractivity contribution in [3.05, 3.63) is 57.6 Å². The van der Waals surface area contributed by atoms with Crippen LogP contribution in [0.25, 0.3) is 0 Å². The molecular weight excluding hydrogens is 448 g/mol. The summed E-state index contributed by atoms with van der Waals surface area (Å²) in [6, 6.07) is 7.80. The third kappa shape index (κ3) is 5.92. The van der Waals surface area contributed by atoms with Crippen molar-refractivity contribution in [1.29, 1.82) is 0 Å². The SMILES string of the molecule is CCC1N=Cc2cc(C)cc(c2O)C=NC2CCCCC2N=Cc2cc(C)cc(c2O)C=NC1CC. The Labute approximate surface area is 214 Å². The van der Waals surface area contributed by atoms with E-state index in [1.54, 1.807) is 24.9 Å². The van der Waals surface area contributed by atoms with Crippen molar-refractivity contribution in [2.75, 3.05) is 0 Å². The van der Waals surface area contributed by atoms with Gasteiger partial charge in [-0.05, 0) is 74.9 Å². The molecule has 1 saturated carbocycles. The van der Waals surface area contributed by atoms with Crippen molar-refractivity contribution in [1.82, 2.24) is 0 Å². The van der Waals surface area contributed by atoms with Crippen molar-refractivity contribution >= 4 is 24.9 Å². The summed E-state index contributed by atoms with van der Waals surface area (Å²) in [5.41, 5.74) is 4.87. The van der Waals surface area contributed by atoms with Crippen LogP contribution in [0.15, 0.2) is 44.2 Å². The van der Waals surface area contributed by atoms with Crippen LogP contribution in [0.3, 0.4) is 0 Å². The second-order valence-corrected chi connectivity index (χ2v) is 10.1. The summed E-state index contributed by atoms with van der Waals surface area (Å²) in [6.07, 6.45) is 12.9. The molecule has 1 heterocycles. The molecule has 2 aliphatic rings. The minimum Gasteiger partial charge on any atom is -0.507 e. The highest BCUT2D eigenvalue weighted by Gasteiger charge is 2.24. The number of fused-ring (bicyclic) bond motifs is 5. The maximum atomic E-state index is 11.0. The quantitative estimate of drug-likeness (QED) is 0.547. The molecule has 1 aliphatic carbocycles. The first-order valence-corrected chi connectivity index (χ1v) is 13.2. The maximum absolute atomic E-state index is 11.0. The zero-order valence-corrected chi connectivity index (χ0v) is 21.9. The maximum Gasteiger partial charge on any atom is 0.133 e. The van der Waals surface area contributed by atoms with Crippen LogP contribution in [-0.2, 0) is 0 Å². The van der Waals surface area contributed by atoms with Gasteiger partial charge < -0.3 is 10.2 Å². The van der Waals surface area contributed by atoms with E-state index in [9.17, 15) is 10.2 Å². The van der Waals surface area contributed by atoms with E-state index in [4.69, 9.17) is 20.0 Å². The average molecular weight is 487 g/mol. The highest BCUT2D eigenvalue weighted by molar-refractivity contribution is 5.93. The molecule has 36 heavy (non-hydrogen) atoms. The Balaban J connectivity index is 1.84. The van der Waals surface area contributed by atoms with E-state index in [1.165, 1.54) is 0 Å². The number of phenols is 2. The number of nitrogens with zero attached hydrogens (tertiary/aromatic N) is 4. The highest BCUT2D eigenvalue weighted by Crippen LogP contribution is 2.28. The number of hydrogen-bond donors (Lipinski definition) is 2. The first kappa shape index (κ1) is 25.8. The van der Waals surface area contributed by atoms with Gasteiger partial charge in [0.25, 0.3) is 0 Å². The van der Waals surface area contributed by atoms with Crippen LogP contribution in [0, 0.1) is 13.8 Å². The van der Waals surface area contributed by atoms with Crippen LogP contribution < -0.4 is 0 Å². The van der Waals surface area contributed by atoms with Crippen LogP contribution >= 0.6 is 0 Å². The molecule has 4 bridgehead atoms. The summed E-state index contributed by atoms with van der Waals surface area (Å²) in [6.45, 7) is 8.23. The zero-order valence-electron chi connectivity index (χ0n) is 21.9. The lowest BCUT2D eigenvalue weighted by atomic mass is 9.91. The van der Waals surface area contributed by atoms with Gasteiger partial charge in [-0.25, -0.2) is 0 Å². The molecule has 0 saturated heterocycles. The van der Waals surface area contributed by atoms with E-state index in [0.717, 1.165) is 49.7 Å². The van der Waals surface area contributed by atoms with Crippen molar-refractivity contribution < 1.29 is 10.2 Å².